The topological polar surface area (TPSA) is 39.4 Å². The molecule has 0 fully saturated rings. The van der Waals surface area contributed by atoms with Gasteiger partial charge in [-0.2, -0.15) is 0 Å². The molecule has 0 spiro atoms. The maximum absolute atomic E-state index is 5.00. The Labute approximate surface area is 90.0 Å². The lowest BCUT2D eigenvalue weighted by atomic mass is 10.4. The molecule has 2 aromatic rings. The van der Waals surface area contributed by atoms with E-state index in [1.54, 1.807) is 7.11 Å². The van der Waals surface area contributed by atoms with Crippen LogP contribution in [0.15, 0.2) is 22.8 Å². The van der Waals surface area contributed by atoms with Gasteiger partial charge in [-0.15, -0.1) is 10.2 Å². The molecule has 0 bridgehead atoms. The highest BCUT2D eigenvalue weighted by atomic mass is 79.9. The summed E-state index contributed by atoms with van der Waals surface area (Å²) in [6, 6.07) is 3.87. The third kappa shape index (κ3) is 1.78. The molecule has 2 heterocycles. The number of aromatic nitrogens is 3. The van der Waals surface area contributed by atoms with Crippen LogP contribution in [-0.4, -0.2) is 28.3 Å². The number of fused-ring (bicyclic) bond motifs is 1. The monoisotopic (exact) mass is 255 g/mol. The van der Waals surface area contributed by atoms with Crippen molar-refractivity contribution in [1.82, 2.24) is 14.6 Å². The van der Waals surface area contributed by atoms with Crippen molar-refractivity contribution in [3.8, 4) is 0 Å². The van der Waals surface area contributed by atoms with Gasteiger partial charge in [-0.1, -0.05) is 0 Å². The van der Waals surface area contributed by atoms with Gasteiger partial charge in [0.05, 0.1) is 6.61 Å². The van der Waals surface area contributed by atoms with Gasteiger partial charge in [0.25, 0.3) is 0 Å². The van der Waals surface area contributed by atoms with Crippen LogP contribution in [0.2, 0.25) is 0 Å². The Morgan fingerprint density at radius 3 is 3.07 bits per heavy atom. The second-order valence-corrected chi connectivity index (χ2v) is 3.85. The number of ether oxygens (including phenoxy) is 1. The molecule has 0 N–H and O–H groups in total. The fourth-order valence-corrected chi connectivity index (χ4v) is 1.61. The molecule has 0 saturated carbocycles. The average Bonchev–Trinajstić information content (AvgIpc) is 2.57. The molecule has 0 atom stereocenters. The molecule has 74 valence electrons. The number of rotatable bonds is 3. The molecule has 0 aliphatic rings. The van der Waals surface area contributed by atoms with Gasteiger partial charge < -0.3 is 4.74 Å². The average molecular weight is 256 g/mol. The quantitative estimate of drug-likeness (QED) is 0.838. The second-order valence-electron chi connectivity index (χ2n) is 2.93. The van der Waals surface area contributed by atoms with Gasteiger partial charge in [0.15, 0.2) is 5.65 Å². The molecule has 0 radical (unpaired) electrons. The fraction of sp³-hybridized carbons (Fsp3) is 0.333. The van der Waals surface area contributed by atoms with E-state index in [9.17, 15) is 0 Å². The first-order valence-electron chi connectivity index (χ1n) is 4.29. The summed E-state index contributed by atoms with van der Waals surface area (Å²) in [6.45, 7) is 0.660. The highest BCUT2D eigenvalue weighted by Gasteiger charge is 2.04. The third-order valence-corrected chi connectivity index (χ3v) is 2.44. The van der Waals surface area contributed by atoms with E-state index >= 15 is 0 Å². The van der Waals surface area contributed by atoms with Gasteiger partial charge >= 0.3 is 0 Å². The summed E-state index contributed by atoms with van der Waals surface area (Å²) in [5, 5.41) is 8.14. The summed E-state index contributed by atoms with van der Waals surface area (Å²) in [7, 11) is 1.68. The van der Waals surface area contributed by atoms with Crippen LogP contribution in [0.5, 0.6) is 0 Å². The van der Waals surface area contributed by atoms with Gasteiger partial charge in [0.2, 0.25) is 0 Å². The van der Waals surface area contributed by atoms with E-state index in [1.807, 2.05) is 22.7 Å². The first-order valence-corrected chi connectivity index (χ1v) is 5.08. The Morgan fingerprint density at radius 2 is 2.29 bits per heavy atom. The van der Waals surface area contributed by atoms with Crippen molar-refractivity contribution >= 4 is 21.6 Å². The summed E-state index contributed by atoms with van der Waals surface area (Å²) < 4.78 is 7.98. The minimum absolute atomic E-state index is 0.660. The number of halogens is 1. The molecule has 2 aromatic heterocycles. The predicted octanol–water partition coefficient (Wildman–Crippen LogP) is 1.68. The van der Waals surface area contributed by atoms with Crippen LogP contribution in [0, 0.1) is 0 Å². The molecule has 2 rings (SSSR count). The molecule has 5 heteroatoms. The van der Waals surface area contributed by atoms with Gasteiger partial charge in [0, 0.05) is 24.2 Å². The molecule has 4 nitrogen and oxygen atoms in total. The Kier molecular flexibility index (Phi) is 2.79. The molecule has 0 saturated heterocycles. The van der Waals surface area contributed by atoms with Crippen LogP contribution in [-0.2, 0) is 11.2 Å². The Balaban J connectivity index is 2.40. The zero-order valence-corrected chi connectivity index (χ0v) is 9.36. The molecule has 14 heavy (non-hydrogen) atoms. The summed E-state index contributed by atoms with van der Waals surface area (Å²) in [6.07, 6.45) is 2.73. The van der Waals surface area contributed by atoms with Crippen molar-refractivity contribution in [2.45, 2.75) is 6.42 Å². The number of pyridine rings is 1. The standard InChI is InChI=1S/C9H10BrN3O/c1-14-5-4-9-12-11-8-3-2-7(10)6-13(8)9/h2-3,6H,4-5H2,1H3. The van der Waals surface area contributed by atoms with E-state index in [1.165, 1.54) is 0 Å². The van der Waals surface area contributed by atoms with Crippen molar-refractivity contribution in [3.63, 3.8) is 0 Å². The number of nitrogens with zero attached hydrogens (tertiary/aromatic N) is 3. The molecular formula is C9H10BrN3O. The van der Waals surface area contributed by atoms with Crippen LogP contribution in [0.4, 0.5) is 0 Å². The SMILES string of the molecule is COCCc1nnc2ccc(Br)cn12. The first-order chi connectivity index (χ1) is 6.81. The summed E-state index contributed by atoms with van der Waals surface area (Å²) in [5.74, 6) is 0.920. The van der Waals surface area contributed by atoms with Crippen LogP contribution >= 0.6 is 15.9 Å². The zero-order chi connectivity index (χ0) is 9.97. The number of hydrogen-bond donors (Lipinski definition) is 0. The Bertz CT molecular complexity index is 441. The Hall–Kier alpha value is -0.940. The van der Waals surface area contributed by atoms with Crippen LogP contribution < -0.4 is 0 Å². The normalized spacial score (nSPS) is 11.0. The van der Waals surface area contributed by atoms with Crippen molar-refractivity contribution in [3.05, 3.63) is 28.6 Å². The van der Waals surface area contributed by atoms with Crippen molar-refractivity contribution in [2.75, 3.05) is 13.7 Å². The van der Waals surface area contributed by atoms with Gasteiger partial charge in [-0.3, -0.25) is 4.40 Å². The summed E-state index contributed by atoms with van der Waals surface area (Å²) in [4.78, 5) is 0. The maximum atomic E-state index is 5.00. The van der Waals surface area contributed by atoms with Crippen LogP contribution in [0.3, 0.4) is 0 Å². The maximum Gasteiger partial charge on any atom is 0.160 e. The lowest BCUT2D eigenvalue weighted by Crippen LogP contribution is -2.00. The summed E-state index contributed by atoms with van der Waals surface area (Å²) in [5.41, 5.74) is 0.860. The van der Waals surface area contributed by atoms with Crippen molar-refractivity contribution in [2.24, 2.45) is 0 Å². The molecule has 0 unspecified atom stereocenters. The minimum Gasteiger partial charge on any atom is -0.384 e. The lowest BCUT2D eigenvalue weighted by Gasteiger charge is -1.99. The van der Waals surface area contributed by atoms with Crippen molar-refractivity contribution in [1.29, 1.82) is 0 Å². The van der Waals surface area contributed by atoms with Crippen LogP contribution in [0.1, 0.15) is 5.82 Å². The second kappa shape index (κ2) is 4.06. The van der Waals surface area contributed by atoms with E-state index in [2.05, 4.69) is 26.1 Å². The highest BCUT2D eigenvalue weighted by molar-refractivity contribution is 9.10. The highest BCUT2D eigenvalue weighted by Crippen LogP contribution is 2.12. The Morgan fingerprint density at radius 1 is 1.43 bits per heavy atom. The van der Waals surface area contributed by atoms with E-state index in [4.69, 9.17) is 4.74 Å². The zero-order valence-electron chi connectivity index (χ0n) is 7.77. The van der Waals surface area contributed by atoms with Crippen LogP contribution in [0.25, 0.3) is 5.65 Å². The largest absolute Gasteiger partial charge is 0.384 e. The van der Waals surface area contributed by atoms with E-state index in [-0.39, 0.29) is 0 Å². The molecule has 0 aliphatic heterocycles. The third-order valence-electron chi connectivity index (χ3n) is 1.97. The van der Waals surface area contributed by atoms with Gasteiger partial charge in [-0.25, -0.2) is 0 Å². The van der Waals surface area contributed by atoms with E-state index in [0.717, 1.165) is 22.4 Å². The smallest absolute Gasteiger partial charge is 0.160 e. The lowest BCUT2D eigenvalue weighted by molar-refractivity contribution is 0.200. The van der Waals surface area contributed by atoms with Gasteiger partial charge in [-0.05, 0) is 28.1 Å². The minimum atomic E-state index is 0.660. The molecule has 0 aliphatic carbocycles. The summed E-state index contributed by atoms with van der Waals surface area (Å²) >= 11 is 3.41. The molecule has 0 amide bonds. The van der Waals surface area contributed by atoms with Crippen molar-refractivity contribution < 1.29 is 4.74 Å². The fourth-order valence-electron chi connectivity index (χ4n) is 1.28. The van der Waals surface area contributed by atoms with Gasteiger partial charge in [0.1, 0.15) is 5.82 Å². The molecular weight excluding hydrogens is 246 g/mol. The number of methoxy groups -OCH3 is 1. The first kappa shape index (κ1) is 9.61. The van der Waals surface area contributed by atoms with E-state index in [0.29, 0.717) is 6.61 Å². The number of hydrogen-bond acceptors (Lipinski definition) is 3. The van der Waals surface area contributed by atoms with E-state index < -0.39 is 0 Å². The molecule has 0 aromatic carbocycles. The predicted molar refractivity (Wildman–Crippen MR) is 56.3 cm³/mol.